The van der Waals surface area contributed by atoms with Crippen LogP contribution in [0.15, 0.2) is 84.0 Å². The zero-order valence-electron chi connectivity index (χ0n) is 18.6. The van der Waals surface area contributed by atoms with E-state index in [1.807, 2.05) is 6.92 Å². The lowest BCUT2D eigenvalue weighted by molar-refractivity contribution is 0.331. The molecule has 0 atom stereocenters. The topological polar surface area (TPSA) is 29.5 Å². The average molecular weight is 409 g/mol. The number of hydrogen-bond acceptors (Lipinski definition) is 2. The summed E-state index contributed by atoms with van der Waals surface area (Å²) >= 11 is 0. The molecule has 0 aliphatic heterocycles. The summed E-state index contributed by atoms with van der Waals surface area (Å²) in [5.41, 5.74) is 2.35. The van der Waals surface area contributed by atoms with Gasteiger partial charge in [-0.3, -0.25) is 0 Å². The van der Waals surface area contributed by atoms with Crippen molar-refractivity contribution in [3.8, 4) is 0 Å². The molecule has 0 saturated carbocycles. The van der Waals surface area contributed by atoms with Crippen LogP contribution in [0.4, 0.5) is 0 Å². The van der Waals surface area contributed by atoms with Crippen LogP contribution in [0, 0.1) is 0 Å². The van der Waals surface area contributed by atoms with E-state index in [1.54, 1.807) is 0 Å². The first kappa shape index (κ1) is 23.3. The lowest BCUT2D eigenvalue weighted by Crippen LogP contribution is -2.66. The Morgan fingerprint density at radius 3 is 1.83 bits per heavy atom. The van der Waals surface area contributed by atoms with Gasteiger partial charge in [0.05, 0.1) is 13.2 Å². The molecule has 156 valence electrons. The molecule has 3 heteroatoms. The third-order valence-electron chi connectivity index (χ3n) is 5.43. The fraction of sp³-hybridized carbons (Fsp3) is 0.385. The average Bonchev–Trinajstić information content (AvgIpc) is 2.71. The molecule has 0 radical (unpaired) electrons. The van der Waals surface area contributed by atoms with E-state index in [4.69, 9.17) is 9.53 Å². The fourth-order valence-electron chi connectivity index (χ4n) is 3.78. The van der Waals surface area contributed by atoms with Crippen LogP contribution in [0.25, 0.3) is 0 Å². The van der Waals surface area contributed by atoms with Crippen LogP contribution in [0.3, 0.4) is 0 Å². The predicted octanol–water partition coefficient (Wildman–Crippen LogP) is 5.23. The van der Waals surface area contributed by atoms with E-state index in [1.165, 1.54) is 15.9 Å². The van der Waals surface area contributed by atoms with Crippen molar-refractivity contribution in [3.05, 3.63) is 84.0 Å². The molecule has 0 spiro atoms. The molecule has 0 bridgehead atoms. The summed E-state index contributed by atoms with van der Waals surface area (Å²) in [7, 11) is -2.46. The van der Waals surface area contributed by atoms with Gasteiger partial charge in [-0.2, -0.15) is 0 Å². The quantitative estimate of drug-likeness (QED) is 0.455. The van der Waals surface area contributed by atoms with E-state index < -0.39 is 8.32 Å². The van der Waals surface area contributed by atoms with Crippen LogP contribution in [0.5, 0.6) is 0 Å². The maximum atomic E-state index is 9.13. The van der Waals surface area contributed by atoms with Gasteiger partial charge in [-0.1, -0.05) is 105 Å². The standard InChI is InChI=1S/C26H36O2Si/c1-22(13-12-14-23(2)21-27)19-20-28-29(26(3,4)5,24-15-8-6-9-16-24)25-17-10-7-11-18-25/h6-11,14-19,27H,12-13,20-21H2,1-5H3/b22-19+,23-14+. The smallest absolute Gasteiger partial charge is 0.261 e. The Bertz CT molecular complexity index is 762. The van der Waals surface area contributed by atoms with E-state index in [2.05, 4.69) is 101 Å². The van der Waals surface area contributed by atoms with Crippen molar-refractivity contribution in [3.63, 3.8) is 0 Å². The third kappa shape index (κ3) is 6.02. The van der Waals surface area contributed by atoms with E-state index in [0.717, 1.165) is 18.4 Å². The number of rotatable bonds is 9. The molecule has 1 N–H and O–H groups in total. The Kier molecular flexibility index (Phi) is 8.63. The second kappa shape index (κ2) is 10.7. The molecule has 2 rings (SSSR count). The summed E-state index contributed by atoms with van der Waals surface area (Å²) < 4.78 is 6.89. The van der Waals surface area contributed by atoms with Gasteiger partial charge in [0.25, 0.3) is 8.32 Å². The highest BCUT2D eigenvalue weighted by atomic mass is 28.4. The number of aliphatic hydroxyl groups excluding tert-OH is 1. The second-order valence-corrected chi connectivity index (χ2v) is 13.1. The molecule has 0 amide bonds. The minimum atomic E-state index is -2.46. The largest absolute Gasteiger partial charge is 0.404 e. The first-order valence-electron chi connectivity index (χ1n) is 10.5. The lowest BCUT2D eigenvalue weighted by atomic mass is 10.1. The van der Waals surface area contributed by atoms with Crippen LogP contribution in [-0.2, 0) is 4.43 Å². The van der Waals surface area contributed by atoms with Crippen LogP contribution in [0.1, 0.15) is 47.5 Å². The van der Waals surface area contributed by atoms with Gasteiger partial charge < -0.3 is 9.53 Å². The van der Waals surface area contributed by atoms with E-state index in [9.17, 15) is 0 Å². The molecule has 0 aliphatic carbocycles. The van der Waals surface area contributed by atoms with Gasteiger partial charge in [-0.15, -0.1) is 0 Å². The molecular weight excluding hydrogens is 372 g/mol. The highest BCUT2D eigenvalue weighted by Crippen LogP contribution is 2.36. The third-order valence-corrected chi connectivity index (χ3v) is 10.4. The molecule has 2 aromatic rings. The minimum absolute atomic E-state index is 0.00156. The first-order valence-corrected chi connectivity index (χ1v) is 12.4. The maximum absolute atomic E-state index is 9.13. The van der Waals surface area contributed by atoms with Gasteiger partial charge in [-0.05, 0) is 42.1 Å². The second-order valence-electron chi connectivity index (χ2n) is 8.77. The van der Waals surface area contributed by atoms with Gasteiger partial charge >= 0.3 is 0 Å². The van der Waals surface area contributed by atoms with Crippen LogP contribution in [-0.4, -0.2) is 26.6 Å². The van der Waals surface area contributed by atoms with Gasteiger partial charge in [0.2, 0.25) is 0 Å². The Morgan fingerprint density at radius 1 is 0.862 bits per heavy atom. The molecule has 0 aromatic heterocycles. The molecule has 0 heterocycles. The molecule has 2 nitrogen and oxygen atoms in total. The van der Waals surface area contributed by atoms with Crippen molar-refractivity contribution in [1.29, 1.82) is 0 Å². The van der Waals surface area contributed by atoms with Crippen molar-refractivity contribution in [2.45, 2.75) is 52.5 Å². The molecular formula is C26H36O2Si. The van der Waals surface area contributed by atoms with Crippen molar-refractivity contribution >= 4 is 18.7 Å². The highest BCUT2D eigenvalue weighted by Gasteiger charge is 2.49. The molecule has 0 fully saturated rings. The minimum Gasteiger partial charge on any atom is -0.404 e. The Hall–Kier alpha value is -1.94. The van der Waals surface area contributed by atoms with Gasteiger partial charge in [-0.25, -0.2) is 0 Å². The lowest BCUT2D eigenvalue weighted by Gasteiger charge is -2.42. The van der Waals surface area contributed by atoms with E-state index in [0.29, 0.717) is 6.61 Å². The number of allylic oxidation sites excluding steroid dienone is 2. The summed E-state index contributed by atoms with van der Waals surface area (Å²) in [6, 6.07) is 21.5. The van der Waals surface area contributed by atoms with Gasteiger partial charge in [0, 0.05) is 0 Å². The van der Waals surface area contributed by atoms with Crippen molar-refractivity contribution in [2.75, 3.05) is 13.2 Å². The summed E-state index contributed by atoms with van der Waals surface area (Å²) in [5, 5.41) is 11.7. The zero-order valence-corrected chi connectivity index (χ0v) is 19.6. The van der Waals surface area contributed by atoms with Crippen LogP contribution < -0.4 is 10.4 Å². The van der Waals surface area contributed by atoms with Gasteiger partial charge in [0.15, 0.2) is 0 Å². The van der Waals surface area contributed by atoms with Crippen LogP contribution >= 0.6 is 0 Å². The zero-order chi connectivity index (χ0) is 21.3. The van der Waals surface area contributed by atoms with Crippen molar-refractivity contribution in [2.24, 2.45) is 0 Å². The fourth-order valence-corrected chi connectivity index (χ4v) is 8.27. The van der Waals surface area contributed by atoms with Crippen molar-refractivity contribution in [1.82, 2.24) is 0 Å². The molecule has 2 aromatic carbocycles. The Balaban J connectivity index is 2.31. The predicted molar refractivity (Wildman–Crippen MR) is 127 cm³/mol. The summed E-state index contributed by atoms with van der Waals surface area (Å²) in [4.78, 5) is 0. The SMILES string of the molecule is C/C(=C\CC/C(C)=C/CO[Si](c1ccccc1)(c1ccccc1)C(C)(C)C)CO. The molecule has 0 unspecified atom stereocenters. The van der Waals surface area contributed by atoms with E-state index >= 15 is 0 Å². The Labute approximate surface area is 178 Å². The monoisotopic (exact) mass is 408 g/mol. The number of hydrogen-bond donors (Lipinski definition) is 1. The Morgan fingerprint density at radius 2 is 1.38 bits per heavy atom. The number of aliphatic hydroxyl groups is 1. The van der Waals surface area contributed by atoms with E-state index in [-0.39, 0.29) is 11.6 Å². The van der Waals surface area contributed by atoms with Crippen LogP contribution in [0.2, 0.25) is 5.04 Å². The molecule has 29 heavy (non-hydrogen) atoms. The van der Waals surface area contributed by atoms with Crippen molar-refractivity contribution < 1.29 is 9.53 Å². The maximum Gasteiger partial charge on any atom is 0.261 e. The first-order chi connectivity index (χ1) is 13.8. The van der Waals surface area contributed by atoms with Gasteiger partial charge in [0.1, 0.15) is 0 Å². The molecule has 0 aliphatic rings. The molecule has 0 saturated heterocycles. The summed E-state index contributed by atoms with van der Waals surface area (Å²) in [6.45, 7) is 11.8. The highest BCUT2D eigenvalue weighted by molar-refractivity contribution is 6.99. The summed E-state index contributed by atoms with van der Waals surface area (Å²) in [5.74, 6) is 0. The summed E-state index contributed by atoms with van der Waals surface area (Å²) in [6.07, 6.45) is 6.28. The number of benzene rings is 2. The normalized spacial score (nSPS) is 13.6.